The molecule has 1 N–H and O–H groups in total. The van der Waals surface area contributed by atoms with Crippen LogP contribution in [0.1, 0.15) is 5.56 Å². The Hall–Kier alpha value is -1.28. The second kappa shape index (κ2) is 4.57. The van der Waals surface area contributed by atoms with Crippen molar-refractivity contribution in [1.82, 2.24) is 4.84 Å². The lowest BCUT2D eigenvalue weighted by Crippen LogP contribution is -2.07. The Labute approximate surface area is 76.0 Å². The molecule has 0 atom stereocenters. The number of amides is 1. The molecule has 1 rings (SSSR count). The predicted molar refractivity (Wildman–Crippen MR) is 49.5 cm³/mol. The molecule has 0 aromatic heterocycles. The number of carbonyl (C=O) groups excluding carboxylic acids is 1. The van der Waals surface area contributed by atoms with Crippen LogP contribution >= 0.6 is 11.8 Å². The van der Waals surface area contributed by atoms with Gasteiger partial charge in [0.25, 0.3) is 5.91 Å². The van der Waals surface area contributed by atoms with E-state index in [4.69, 9.17) is 11.8 Å². The van der Waals surface area contributed by atoms with Gasteiger partial charge in [0.05, 0.1) is 0 Å². The van der Waals surface area contributed by atoms with Crippen molar-refractivity contribution in [2.45, 2.75) is 0 Å². The summed E-state index contributed by atoms with van der Waals surface area (Å²) in [5.74, 6) is -0.319. The van der Waals surface area contributed by atoms with Crippen molar-refractivity contribution in [2.24, 2.45) is 0 Å². The molecule has 3 heteroatoms. The summed E-state index contributed by atoms with van der Waals surface area (Å²) < 4.78 is 0. The minimum atomic E-state index is -0.319. The summed E-state index contributed by atoms with van der Waals surface area (Å²) in [6, 6.07) is 9.52. The van der Waals surface area contributed by atoms with E-state index in [1.807, 2.05) is 35.2 Å². The third-order valence-electron chi connectivity index (χ3n) is 1.32. The van der Waals surface area contributed by atoms with Gasteiger partial charge in [-0.3, -0.25) is 9.63 Å². The predicted octanol–water partition coefficient (Wildman–Crippen LogP) is 1.97. The Morgan fingerprint density at radius 2 is 2.00 bits per heavy atom. The summed E-state index contributed by atoms with van der Waals surface area (Å²) in [6.07, 6.45) is 3.07. The van der Waals surface area contributed by atoms with Crippen molar-refractivity contribution in [3.05, 3.63) is 42.0 Å². The van der Waals surface area contributed by atoms with Gasteiger partial charge in [-0.1, -0.05) is 30.3 Å². The maximum Gasteiger partial charge on any atom is 0.258 e. The SMILES string of the molecule is O=C(C=Cc1ccccc1)NCl. The van der Waals surface area contributed by atoms with Gasteiger partial charge in [0.2, 0.25) is 0 Å². The minimum Gasteiger partial charge on any atom is -0.269 e. The van der Waals surface area contributed by atoms with E-state index in [9.17, 15) is 4.79 Å². The van der Waals surface area contributed by atoms with Crippen LogP contribution in [-0.2, 0) is 4.79 Å². The Balaban J connectivity index is 2.64. The monoisotopic (exact) mass is 181 g/mol. The molecule has 0 radical (unpaired) electrons. The molecule has 0 spiro atoms. The van der Waals surface area contributed by atoms with Gasteiger partial charge in [-0.15, -0.1) is 0 Å². The molecule has 0 heterocycles. The Kier molecular flexibility index (Phi) is 3.35. The average Bonchev–Trinajstić information content (AvgIpc) is 2.16. The summed E-state index contributed by atoms with van der Waals surface area (Å²) in [4.78, 5) is 12.6. The highest BCUT2D eigenvalue weighted by molar-refractivity contribution is 6.23. The third kappa shape index (κ3) is 2.76. The number of hydrogen-bond acceptors (Lipinski definition) is 1. The quantitative estimate of drug-likeness (QED) is 0.549. The fourth-order valence-corrected chi connectivity index (χ4v) is 0.831. The van der Waals surface area contributed by atoms with E-state index >= 15 is 0 Å². The normalized spacial score (nSPS) is 10.1. The number of benzene rings is 1. The van der Waals surface area contributed by atoms with E-state index in [-0.39, 0.29) is 5.91 Å². The van der Waals surface area contributed by atoms with Crippen molar-refractivity contribution in [1.29, 1.82) is 0 Å². The first-order valence-corrected chi connectivity index (χ1v) is 3.84. The fourth-order valence-electron chi connectivity index (χ4n) is 0.768. The molecule has 0 bridgehead atoms. The molecular formula is C9H8ClNO. The lowest BCUT2D eigenvalue weighted by molar-refractivity contribution is -0.114. The standard InChI is InChI=1S/C9H8ClNO/c10-11-9(12)7-6-8-4-2-1-3-5-8/h1-7H,(H,11,12). The zero-order valence-electron chi connectivity index (χ0n) is 6.33. The number of nitrogens with one attached hydrogen (secondary N) is 1. The van der Waals surface area contributed by atoms with Crippen LogP contribution in [0.2, 0.25) is 0 Å². The number of rotatable bonds is 2. The van der Waals surface area contributed by atoms with Crippen molar-refractivity contribution in [3.8, 4) is 0 Å². The first-order valence-electron chi connectivity index (χ1n) is 3.46. The molecule has 2 nitrogen and oxygen atoms in total. The van der Waals surface area contributed by atoms with Crippen LogP contribution in [-0.4, -0.2) is 5.91 Å². The van der Waals surface area contributed by atoms with E-state index in [0.717, 1.165) is 5.56 Å². The fraction of sp³-hybridized carbons (Fsp3) is 0. The summed E-state index contributed by atoms with van der Waals surface area (Å²) in [7, 11) is 0. The van der Waals surface area contributed by atoms with Crippen molar-refractivity contribution in [3.63, 3.8) is 0 Å². The van der Waals surface area contributed by atoms with E-state index in [0.29, 0.717) is 0 Å². The van der Waals surface area contributed by atoms with Crippen LogP contribution in [0.5, 0.6) is 0 Å². The van der Waals surface area contributed by atoms with Crippen LogP contribution in [0.25, 0.3) is 6.08 Å². The van der Waals surface area contributed by atoms with Crippen LogP contribution < -0.4 is 4.84 Å². The van der Waals surface area contributed by atoms with Crippen LogP contribution in [0, 0.1) is 0 Å². The van der Waals surface area contributed by atoms with Gasteiger partial charge in [-0.05, 0) is 11.6 Å². The summed E-state index contributed by atoms with van der Waals surface area (Å²) in [5.41, 5.74) is 0.970. The molecule has 0 aliphatic heterocycles. The van der Waals surface area contributed by atoms with Crippen molar-refractivity contribution < 1.29 is 4.79 Å². The topological polar surface area (TPSA) is 29.1 Å². The maximum atomic E-state index is 10.7. The van der Waals surface area contributed by atoms with Crippen LogP contribution in [0.15, 0.2) is 36.4 Å². The first kappa shape index (κ1) is 8.81. The highest BCUT2D eigenvalue weighted by Gasteiger charge is 1.89. The van der Waals surface area contributed by atoms with E-state index in [1.165, 1.54) is 6.08 Å². The largest absolute Gasteiger partial charge is 0.269 e. The summed E-state index contributed by atoms with van der Waals surface area (Å²) >= 11 is 5.07. The molecule has 62 valence electrons. The van der Waals surface area contributed by atoms with Crippen molar-refractivity contribution >= 4 is 23.8 Å². The summed E-state index contributed by atoms with van der Waals surface area (Å²) in [5, 5.41) is 0. The molecule has 0 aliphatic carbocycles. The zero-order chi connectivity index (χ0) is 8.81. The van der Waals surface area contributed by atoms with Gasteiger partial charge in [0.15, 0.2) is 0 Å². The second-order valence-electron chi connectivity index (χ2n) is 2.20. The highest BCUT2D eigenvalue weighted by Crippen LogP contribution is 2.00. The molecule has 0 aliphatic rings. The smallest absolute Gasteiger partial charge is 0.258 e. The van der Waals surface area contributed by atoms with Crippen molar-refractivity contribution in [2.75, 3.05) is 0 Å². The maximum absolute atomic E-state index is 10.7. The van der Waals surface area contributed by atoms with Gasteiger partial charge in [0.1, 0.15) is 0 Å². The van der Waals surface area contributed by atoms with Crippen LogP contribution in [0.3, 0.4) is 0 Å². The average molecular weight is 182 g/mol. The van der Waals surface area contributed by atoms with Gasteiger partial charge in [-0.2, -0.15) is 0 Å². The van der Waals surface area contributed by atoms with E-state index < -0.39 is 0 Å². The Morgan fingerprint density at radius 3 is 2.58 bits per heavy atom. The molecular weight excluding hydrogens is 174 g/mol. The number of carbonyl (C=O) groups is 1. The van der Waals surface area contributed by atoms with E-state index in [1.54, 1.807) is 6.08 Å². The Bertz CT molecular complexity index is 282. The molecule has 12 heavy (non-hydrogen) atoms. The molecule has 1 amide bonds. The van der Waals surface area contributed by atoms with E-state index in [2.05, 4.69) is 0 Å². The first-order chi connectivity index (χ1) is 5.83. The highest BCUT2D eigenvalue weighted by atomic mass is 35.5. The lowest BCUT2D eigenvalue weighted by Gasteiger charge is -1.90. The molecule has 0 fully saturated rings. The minimum absolute atomic E-state index is 0.319. The summed E-state index contributed by atoms with van der Waals surface area (Å²) in [6.45, 7) is 0. The van der Waals surface area contributed by atoms with Gasteiger partial charge >= 0.3 is 0 Å². The van der Waals surface area contributed by atoms with Gasteiger partial charge in [0, 0.05) is 17.9 Å². The molecule has 0 unspecified atom stereocenters. The molecule has 0 saturated heterocycles. The number of halogens is 1. The van der Waals surface area contributed by atoms with Crippen LogP contribution in [0.4, 0.5) is 0 Å². The third-order valence-corrected chi connectivity index (χ3v) is 1.51. The number of hydrogen-bond donors (Lipinski definition) is 1. The molecule has 1 aromatic carbocycles. The second-order valence-corrected chi connectivity index (χ2v) is 2.39. The molecule has 0 saturated carbocycles. The molecule has 1 aromatic rings. The lowest BCUT2D eigenvalue weighted by atomic mass is 10.2. The zero-order valence-corrected chi connectivity index (χ0v) is 7.08. The Morgan fingerprint density at radius 1 is 1.33 bits per heavy atom. The van der Waals surface area contributed by atoms with Gasteiger partial charge in [-0.25, -0.2) is 0 Å². The van der Waals surface area contributed by atoms with Gasteiger partial charge < -0.3 is 0 Å².